The van der Waals surface area contributed by atoms with Crippen molar-refractivity contribution in [2.75, 3.05) is 5.32 Å². The van der Waals surface area contributed by atoms with Crippen LogP contribution in [0.15, 0.2) is 55.0 Å². The van der Waals surface area contributed by atoms with Gasteiger partial charge in [-0.05, 0) is 24.6 Å². The number of fused-ring (bicyclic) bond motifs is 1. The van der Waals surface area contributed by atoms with Gasteiger partial charge in [0.2, 0.25) is 0 Å². The Morgan fingerprint density at radius 2 is 1.86 bits per heavy atom. The van der Waals surface area contributed by atoms with Gasteiger partial charge in [0.15, 0.2) is 0 Å². The lowest BCUT2D eigenvalue weighted by molar-refractivity contribution is -0.385. The van der Waals surface area contributed by atoms with E-state index in [0.717, 1.165) is 0 Å². The molecule has 2 heterocycles. The molecule has 0 bridgehead atoms. The number of nitrogens with one attached hydrogen (secondary N) is 1. The maximum atomic E-state index is 13.1. The van der Waals surface area contributed by atoms with Crippen molar-refractivity contribution in [3.8, 4) is 5.75 Å². The molecule has 4 rings (SSSR count). The Bertz CT molecular complexity index is 1460. The number of phenols is 1. The van der Waals surface area contributed by atoms with Gasteiger partial charge in [-0.1, -0.05) is 41.4 Å². The van der Waals surface area contributed by atoms with Gasteiger partial charge in [0.05, 0.1) is 31.7 Å². The number of anilines is 1. The number of ketones is 1. The molecule has 0 fully saturated rings. The Morgan fingerprint density at radius 3 is 2.49 bits per heavy atom. The first kappa shape index (κ1) is 25.6. The number of aromatic nitrogens is 2. The molecular formula is C23H18Cl2N4O6. The smallest absolute Gasteiger partial charge is 0.296 e. The van der Waals surface area contributed by atoms with Crippen LogP contribution in [0.2, 0.25) is 10.0 Å². The number of carbonyl (C=O) groups excluding carboxylic acids is 2. The molecule has 0 radical (unpaired) electrons. The topological polar surface area (TPSA) is 159 Å². The number of hydrogen-bond donors (Lipinski definition) is 2. The van der Waals surface area contributed by atoms with Crippen molar-refractivity contribution in [1.29, 1.82) is 0 Å². The molecule has 180 valence electrons. The fourth-order valence-corrected chi connectivity index (χ4v) is 4.15. The Morgan fingerprint density at radius 1 is 1.17 bits per heavy atom. The van der Waals surface area contributed by atoms with E-state index in [9.17, 15) is 24.8 Å². The first-order chi connectivity index (χ1) is 16.2. The van der Waals surface area contributed by atoms with Crippen LogP contribution in [0.3, 0.4) is 0 Å². The van der Waals surface area contributed by atoms with E-state index in [-0.39, 0.29) is 44.8 Å². The van der Waals surface area contributed by atoms with Crippen LogP contribution < -0.4 is 5.32 Å². The highest BCUT2D eigenvalue weighted by Crippen LogP contribution is 2.32. The third kappa shape index (κ3) is 4.94. The second-order valence-electron chi connectivity index (χ2n) is 7.48. The number of carbonyl (C=O) groups is 2. The standard InChI is InChI=1S/C23H16Cl2N4O5.H2O/c1-12-7-13(5-6-18(12)29(33)34)10-28-11-15(14-3-2-4-19(30)21(14)28)22(31)23(32)27-20-16(24)8-26-9-17(20)25;/h2-9,11,30H,10H2,1H3,(H,26,27,32);1H2. The number of aromatic hydroxyl groups is 1. The number of nitrogens with zero attached hydrogens (tertiary/aromatic N) is 3. The van der Waals surface area contributed by atoms with Crippen molar-refractivity contribution in [2.45, 2.75) is 13.5 Å². The number of Topliss-reactive ketones (excluding diaryl/α,β-unsaturated/α-hetero) is 1. The van der Waals surface area contributed by atoms with E-state index in [0.29, 0.717) is 22.0 Å². The van der Waals surface area contributed by atoms with Gasteiger partial charge in [-0.3, -0.25) is 24.7 Å². The zero-order valence-electron chi connectivity index (χ0n) is 18.1. The second-order valence-corrected chi connectivity index (χ2v) is 8.30. The highest BCUT2D eigenvalue weighted by Gasteiger charge is 2.24. The average molecular weight is 517 g/mol. The minimum atomic E-state index is -0.969. The van der Waals surface area contributed by atoms with E-state index in [1.807, 2.05) is 0 Å². The zero-order valence-corrected chi connectivity index (χ0v) is 19.6. The summed E-state index contributed by atoms with van der Waals surface area (Å²) >= 11 is 12.1. The van der Waals surface area contributed by atoms with Crippen LogP contribution in [0, 0.1) is 17.0 Å². The first-order valence-corrected chi connectivity index (χ1v) is 10.6. The Labute approximate surface area is 208 Å². The minimum absolute atomic E-state index is 0. The molecule has 4 aromatic rings. The quantitative estimate of drug-likeness (QED) is 0.168. The number of phenolic OH excluding ortho intramolecular Hbond substituents is 1. The van der Waals surface area contributed by atoms with E-state index in [1.54, 1.807) is 35.8 Å². The van der Waals surface area contributed by atoms with Crippen molar-refractivity contribution in [2.24, 2.45) is 0 Å². The molecule has 2 aromatic heterocycles. The van der Waals surface area contributed by atoms with Gasteiger partial charge in [0.25, 0.3) is 17.4 Å². The van der Waals surface area contributed by atoms with Gasteiger partial charge >= 0.3 is 0 Å². The Balaban J connectivity index is 0.00000342. The van der Waals surface area contributed by atoms with E-state index >= 15 is 0 Å². The molecule has 2 aromatic carbocycles. The summed E-state index contributed by atoms with van der Waals surface area (Å²) in [7, 11) is 0. The minimum Gasteiger partial charge on any atom is -0.506 e. The summed E-state index contributed by atoms with van der Waals surface area (Å²) in [5.41, 5.74) is 1.64. The van der Waals surface area contributed by atoms with Crippen molar-refractivity contribution in [3.63, 3.8) is 0 Å². The van der Waals surface area contributed by atoms with Crippen LogP contribution in [0.5, 0.6) is 5.75 Å². The number of nitro benzene ring substituents is 1. The summed E-state index contributed by atoms with van der Waals surface area (Å²) in [6.45, 7) is 1.82. The number of halogens is 2. The highest BCUT2D eigenvalue weighted by molar-refractivity contribution is 6.50. The normalized spacial score (nSPS) is 10.6. The second kappa shape index (κ2) is 10.1. The molecule has 35 heavy (non-hydrogen) atoms. The van der Waals surface area contributed by atoms with Gasteiger partial charge < -0.3 is 20.5 Å². The van der Waals surface area contributed by atoms with E-state index in [2.05, 4.69) is 10.3 Å². The molecule has 0 aliphatic heterocycles. The fourth-order valence-electron chi connectivity index (χ4n) is 3.69. The molecule has 10 nitrogen and oxygen atoms in total. The van der Waals surface area contributed by atoms with Crippen LogP contribution in [0.25, 0.3) is 10.9 Å². The van der Waals surface area contributed by atoms with Gasteiger partial charge in [0.1, 0.15) is 5.75 Å². The van der Waals surface area contributed by atoms with Crippen LogP contribution in [-0.4, -0.2) is 36.7 Å². The van der Waals surface area contributed by atoms with E-state index < -0.39 is 16.6 Å². The van der Waals surface area contributed by atoms with Crippen LogP contribution in [0.1, 0.15) is 21.5 Å². The summed E-state index contributed by atoms with van der Waals surface area (Å²) in [6, 6.07) is 9.29. The van der Waals surface area contributed by atoms with Gasteiger partial charge in [-0.25, -0.2) is 0 Å². The highest BCUT2D eigenvalue weighted by atomic mass is 35.5. The van der Waals surface area contributed by atoms with Crippen molar-refractivity contribution in [1.82, 2.24) is 9.55 Å². The number of aryl methyl sites for hydroxylation is 1. The van der Waals surface area contributed by atoms with Crippen molar-refractivity contribution >= 4 is 57.2 Å². The molecule has 0 spiro atoms. The monoisotopic (exact) mass is 516 g/mol. The summed E-state index contributed by atoms with van der Waals surface area (Å²) in [5, 5.41) is 24.5. The molecule has 0 aliphatic carbocycles. The zero-order chi connectivity index (χ0) is 24.6. The molecule has 0 unspecified atom stereocenters. The van der Waals surface area contributed by atoms with Crippen molar-refractivity contribution in [3.05, 3.63) is 91.8 Å². The number of nitro groups is 1. The summed E-state index contributed by atoms with van der Waals surface area (Å²) in [6.07, 6.45) is 4.02. The third-order valence-corrected chi connectivity index (χ3v) is 5.80. The lowest BCUT2D eigenvalue weighted by Crippen LogP contribution is -2.23. The fraction of sp³-hybridized carbons (Fsp3) is 0.0870. The van der Waals surface area contributed by atoms with Gasteiger partial charge in [-0.2, -0.15) is 0 Å². The van der Waals surface area contributed by atoms with Gasteiger partial charge in [0, 0.05) is 42.2 Å². The van der Waals surface area contributed by atoms with Crippen LogP contribution in [0.4, 0.5) is 11.4 Å². The third-order valence-electron chi connectivity index (χ3n) is 5.23. The lowest BCUT2D eigenvalue weighted by Gasteiger charge is -2.08. The summed E-state index contributed by atoms with van der Waals surface area (Å²) in [4.78, 5) is 40.2. The first-order valence-electron chi connectivity index (χ1n) is 9.86. The largest absolute Gasteiger partial charge is 0.506 e. The predicted molar refractivity (Wildman–Crippen MR) is 131 cm³/mol. The molecule has 0 aliphatic rings. The molecule has 1 amide bonds. The van der Waals surface area contributed by atoms with E-state index in [1.165, 1.54) is 30.7 Å². The number of pyridine rings is 1. The maximum Gasteiger partial charge on any atom is 0.296 e. The molecule has 0 saturated carbocycles. The summed E-state index contributed by atoms with van der Waals surface area (Å²) < 4.78 is 1.61. The van der Waals surface area contributed by atoms with Crippen LogP contribution >= 0.6 is 23.2 Å². The average Bonchev–Trinajstić information content (AvgIpc) is 3.15. The number of para-hydroxylation sites is 1. The number of amides is 1. The van der Waals surface area contributed by atoms with E-state index in [4.69, 9.17) is 23.2 Å². The number of rotatable bonds is 6. The maximum absolute atomic E-state index is 13.1. The number of hydrogen-bond acceptors (Lipinski definition) is 6. The van der Waals surface area contributed by atoms with Gasteiger partial charge in [-0.15, -0.1) is 0 Å². The predicted octanol–water partition coefficient (Wildman–Crippen LogP) is 4.31. The Hall–Kier alpha value is -3.99. The van der Waals surface area contributed by atoms with Crippen LogP contribution in [-0.2, 0) is 11.3 Å². The number of benzene rings is 2. The molecule has 0 saturated heterocycles. The summed E-state index contributed by atoms with van der Waals surface area (Å²) in [5.74, 6) is -1.92. The molecule has 4 N–H and O–H groups in total. The SMILES string of the molecule is Cc1cc(Cn2cc(C(=O)C(=O)Nc3c(Cl)cncc3Cl)c3cccc(O)c32)ccc1[N+](=O)[O-].O. The Kier molecular flexibility index (Phi) is 7.39. The van der Waals surface area contributed by atoms with Crippen molar-refractivity contribution < 1.29 is 25.1 Å². The lowest BCUT2D eigenvalue weighted by atomic mass is 10.1. The molecule has 0 atom stereocenters. The molecular weight excluding hydrogens is 499 g/mol. The molecule has 12 heteroatoms.